The quantitative estimate of drug-likeness (QED) is 0.298. The van der Waals surface area contributed by atoms with Crippen molar-refractivity contribution >= 4 is 24.0 Å². The maximum Gasteiger partial charge on any atom is 0.408 e. The van der Waals surface area contributed by atoms with Gasteiger partial charge in [-0.15, -0.1) is 0 Å². The van der Waals surface area contributed by atoms with Crippen LogP contribution < -0.4 is 10.6 Å². The van der Waals surface area contributed by atoms with E-state index in [1.54, 1.807) is 31.7 Å². The number of amides is 3. The first kappa shape index (κ1) is 30.6. The summed E-state index contributed by atoms with van der Waals surface area (Å²) in [5.41, 5.74) is 1.82. The molecule has 2 rings (SSSR count). The van der Waals surface area contributed by atoms with Crippen LogP contribution in [0.5, 0.6) is 0 Å². The Morgan fingerprint density at radius 1 is 0.974 bits per heavy atom. The van der Waals surface area contributed by atoms with E-state index in [9.17, 15) is 14.4 Å². The van der Waals surface area contributed by atoms with Crippen LogP contribution in [0, 0.1) is 0 Å². The number of nitrogens with one attached hydrogen (secondary N) is 2. The fourth-order valence-corrected chi connectivity index (χ4v) is 4.06. The number of nitrogens with zero attached hydrogens (tertiary/aromatic N) is 1. The van der Waals surface area contributed by atoms with Crippen molar-refractivity contribution in [1.82, 2.24) is 15.5 Å². The van der Waals surface area contributed by atoms with Crippen LogP contribution in [-0.4, -0.2) is 41.5 Å². The molecule has 0 saturated carbocycles. The molecule has 38 heavy (non-hydrogen) atoms. The van der Waals surface area contributed by atoms with Crippen LogP contribution in [0.4, 0.5) is 4.79 Å². The van der Waals surface area contributed by atoms with Gasteiger partial charge in [0.1, 0.15) is 18.2 Å². The minimum Gasteiger partial charge on any atom is -0.444 e. The smallest absolute Gasteiger partial charge is 0.408 e. The van der Waals surface area contributed by atoms with Crippen molar-refractivity contribution in [1.29, 1.82) is 0 Å². The third-order valence-electron chi connectivity index (χ3n) is 5.94. The second-order valence-electron chi connectivity index (χ2n) is 10.3. The van der Waals surface area contributed by atoms with Crippen LogP contribution in [-0.2, 0) is 20.9 Å². The minimum absolute atomic E-state index is 0.270. The third kappa shape index (κ3) is 10.8. The molecule has 0 fully saturated rings. The average molecular weight is 522 g/mol. The summed E-state index contributed by atoms with van der Waals surface area (Å²) in [4.78, 5) is 41.0. The van der Waals surface area contributed by atoms with Crippen molar-refractivity contribution in [2.24, 2.45) is 0 Å². The van der Waals surface area contributed by atoms with E-state index in [4.69, 9.17) is 4.74 Å². The van der Waals surface area contributed by atoms with Crippen LogP contribution >= 0.6 is 0 Å². The van der Waals surface area contributed by atoms with Crippen molar-refractivity contribution in [3.8, 4) is 0 Å². The first-order valence-corrected chi connectivity index (χ1v) is 13.4. The van der Waals surface area contributed by atoms with E-state index < -0.39 is 17.7 Å². The molecule has 7 nitrogen and oxygen atoms in total. The van der Waals surface area contributed by atoms with E-state index in [1.807, 2.05) is 54.6 Å². The number of alkyl carbamates (subject to hydrolysis) is 1. The number of ether oxygens (including phenoxy) is 1. The molecule has 0 bridgehead atoms. The van der Waals surface area contributed by atoms with Gasteiger partial charge < -0.3 is 20.3 Å². The fourth-order valence-electron chi connectivity index (χ4n) is 4.06. The second kappa shape index (κ2) is 15.6. The van der Waals surface area contributed by atoms with Gasteiger partial charge in [0.15, 0.2) is 0 Å². The lowest BCUT2D eigenvalue weighted by atomic mass is 10.0. The SMILES string of the molecule is C=Cc1cccc(C(C(=O)NCc2ccccc2)N(CCCCCCC)C(=O)CNC(=O)OC(C)(C)C)c1. The number of hydrogen-bond acceptors (Lipinski definition) is 4. The Kier molecular flexibility index (Phi) is 12.6. The highest BCUT2D eigenvalue weighted by Gasteiger charge is 2.31. The van der Waals surface area contributed by atoms with Gasteiger partial charge in [-0.2, -0.15) is 0 Å². The number of carbonyl (C=O) groups is 3. The van der Waals surface area contributed by atoms with Crippen molar-refractivity contribution in [2.45, 2.75) is 78.0 Å². The number of unbranched alkanes of at least 4 members (excludes halogenated alkanes) is 4. The maximum absolute atomic E-state index is 13.7. The van der Waals surface area contributed by atoms with E-state index in [0.717, 1.165) is 43.2 Å². The number of benzene rings is 2. The topological polar surface area (TPSA) is 87.7 Å². The fraction of sp³-hybridized carbons (Fsp3) is 0.452. The monoisotopic (exact) mass is 521 g/mol. The summed E-state index contributed by atoms with van der Waals surface area (Å²) < 4.78 is 5.29. The predicted molar refractivity (Wildman–Crippen MR) is 152 cm³/mol. The van der Waals surface area contributed by atoms with Gasteiger partial charge >= 0.3 is 6.09 Å². The zero-order valence-electron chi connectivity index (χ0n) is 23.3. The molecule has 1 unspecified atom stereocenters. The number of rotatable bonds is 14. The van der Waals surface area contributed by atoms with Gasteiger partial charge in [-0.25, -0.2) is 4.79 Å². The molecule has 0 heterocycles. The van der Waals surface area contributed by atoms with Gasteiger partial charge in [0.25, 0.3) is 0 Å². The zero-order chi connectivity index (χ0) is 28.0. The molecule has 0 aliphatic rings. The lowest BCUT2D eigenvalue weighted by Crippen LogP contribution is -2.48. The summed E-state index contributed by atoms with van der Waals surface area (Å²) in [5, 5.41) is 5.56. The van der Waals surface area contributed by atoms with Crippen molar-refractivity contribution in [3.63, 3.8) is 0 Å². The molecule has 0 radical (unpaired) electrons. The molecule has 3 amide bonds. The van der Waals surface area contributed by atoms with Crippen molar-refractivity contribution < 1.29 is 19.1 Å². The Balaban J connectivity index is 2.32. The van der Waals surface area contributed by atoms with Crippen LogP contribution in [0.25, 0.3) is 6.08 Å². The van der Waals surface area contributed by atoms with Gasteiger partial charge in [-0.05, 0) is 49.9 Å². The Morgan fingerprint density at radius 2 is 1.68 bits per heavy atom. The molecule has 2 aromatic rings. The molecule has 0 aliphatic carbocycles. The van der Waals surface area contributed by atoms with Crippen LogP contribution in [0.15, 0.2) is 61.2 Å². The second-order valence-corrected chi connectivity index (χ2v) is 10.3. The molecule has 2 N–H and O–H groups in total. The highest BCUT2D eigenvalue weighted by molar-refractivity contribution is 5.90. The summed E-state index contributed by atoms with van der Waals surface area (Å²) in [6.07, 6.45) is 6.03. The van der Waals surface area contributed by atoms with E-state index in [-0.39, 0.29) is 18.4 Å². The number of hydrogen-bond donors (Lipinski definition) is 2. The predicted octanol–water partition coefficient (Wildman–Crippen LogP) is 6.01. The molecular formula is C31H43N3O4. The Morgan fingerprint density at radius 3 is 2.34 bits per heavy atom. The maximum atomic E-state index is 13.7. The lowest BCUT2D eigenvalue weighted by molar-refractivity contribution is -0.140. The molecule has 206 valence electrons. The summed E-state index contributed by atoms with van der Waals surface area (Å²) in [7, 11) is 0. The minimum atomic E-state index is -0.863. The van der Waals surface area contributed by atoms with Gasteiger partial charge in [-0.1, -0.05) is 93.8 Å². The molecular weight excluding hydrogens is 478 g/mol. The molecule has 0 aromatic heterocycles. The van der Waals surface area contributed by atoms with Crippen molar-refractivity contribution in [2.75, 3.05) is 13.1 Å². The number of carbonyl (C=O) groups excluding carboxylic acids is 3. The largest absolute Gasteiger partial charge is 0.444 e. The Bertz CT molecular complexity index is 1050. The highest BCUT2D eigenvalue weighted by atomic mass is 16.6. The summed E-state index contributed by atoms with van der Waals surface area (Å²) in [6.45, 7) is 11.7. The normalized spacial score (nSPS) is 11.8. The van der Waals surface area contributed by atoms with E-state index in [1.165, 1.54) is 0 Å². The molecule has 0 saturated heterocycles. The highest BCUT2D eigenvalue weighted by Crippen LogP contribution is 2.24. The lowest BCUT2D eigenvalue weighted by Gasteiger charge is -2.32. The van der Waals surface area contributed by atoms with Gasteiger partial charge in [-0.3, -0.25) is 9.59 Å². The van der Waals surface area contributed by atoms with Gasteiger partial charge in [0.05, 0.1) is 0 Å². The van der Waals surface area contributed by atoms with E-state index >= 15 is 0 Å². The van der Waals surface area contributed by atoms with E-state index in [0.29, 0.717) is 18.7 Å². The molecule has 2 aromatic carbocycles. The third-order valence-corrected chi connectivity index (χ3v) is 5.94. The van der Waals surface area contributed by atoms with Gasteiger partial charge in [0, 0.05) is 13.1 Å². The standard InChI is InChI=1S/C31H43N3O4/c1-6-8-9-10-14-20-34(27(35)23-33-30(37)38-31(3,4)5)28(26-19-15-18-24(7-2)21-26)29(36)32-22-25-16-12-11-13-17-25/h7,11-13,15-19,21,28H,2,6,8-10,14,20,22-23H2,1,3-5H3,(H,32,36)(H,33,37). The molecule has 7 heteroatoms. The molecule has 0 spiro atoms. The summed E-state index contributed by atoms with van der Waals surface area (Å²) >= 11 is 0. The van der Waals surface area contributed by atoms with Gasteiger partial charge in [0.2, 0.25) is 11.8 Å². The van der Waals surface area contributed by atoms with Crippen LogP contribution in [0.1, 0.15) is 82.5 Å². The van der Waals surface area contributed by atoms with E-state index in [2.05, 4.69) is 24.1 Å². The Labute approximate surface area is 227 Å². The first-order valence-electron chi connectivity index (χ1n) is 13.4. The van der Waals surface area contributed by atoms with Crippen molar-refractivity contribution in [3.05, 3.63) is 77.9 Å². The molecule has 1 atom stereocenters. The first-order chi connectivity index (χ1) is 18.1. The van der Waals surface area contributed by atoms with Crippen LogP contribution in [0.2, 0.25) is 0 Å². The Hall–Kier alpha value is -3.61. The van der Waals surface area contributed by atoms with Crippen LogP contribution in [0.3, 0.4) is 0 Å². The zero-order valence-corrected chi connectivity index (χ0v) is 23.3. The average Bonchev–Trinajstić information content (AvgIpc) is 2.89. The summed E-state index contributed by atoms with van der Waals surface area (Å²) in [6, 6.07) is 16.2. The summed E-state index contributed by atoms with van der Waals surface area (Å²) in [5.74, 6) is -0.635. The molecule has 0 aliphatic heterocycles.